The van der Waals surface area contributed by atoms with Crippen LogP contribution in [0.3, 0.4) is 0 Å². The maximum absolute atomic E-state index is 9.30. The molecule has 0 spiro atoms. The van der Waals surface area contributed by atoms with E-state index in [0.29, 0.717) is 5.02 Å². The van der Waals surface area contributed by atoms with Crippen LogP contribution >= 0.6 is 27.5 Å². The average Bonchev–Trinajstić information content (AvgIpc) is 2.39. The number of anilines is 1. The van der Waals surface area contributed by atoms with Crippen LogP contribution in [0.4, 0.5) is 5.69 Å². The van der Waals surface area contributed by atoms with Crippen molar-refractivity contribution in [2.75, 3.05) is 5.32 Å². The second-order valence-corrected chi connectivity index (χ2v) is 5.51. The lowest BCUT2D eigenvalue weighted by atomic mass is 10.1. The number of rotatable bonds is 3. The van der Waals surface area contributed by atoms with Crippen LogP contribution in [-0.2, 0) is 0 Å². The van der Waals surface area contributed by atoms with Gasteiger partial charge in [-0.1, -0.05) is 29.8 Å². The molecule has 2 aromatic carbocycles. The van der Waals surface area contributed by atoms with Crippen molar-refractivity contribution in [2.45, 2.75) is 13.0 Å². The van der Waals surface area contributed by atoms with E-state index in [2.05, 4.69) is 27.3 Å². The first-order chi connectivity index (χ1) is 9.10. The summed E-state index contributed by atoms with van der Waals surface area (Å²) >= 11 is 9.40. The van der Waals surface area contributed by atoms with Gasteiger partial charge in [-0.15, -0.1) is 0 Å². The fraction of sp³-hybridized carbons (Fsp3) is 0.133. The Bertz CT molecular complexity index is 634. The minimum Gasteiger partial charge on any atom is -0.366 e. The maximum atomic E-state index is 9.30. The summed E-state index contributed by atoms with van der Waals surface area (Å²) in [6, 6.07) is 15.3. The van der Waals surface area contributed by atoms with Crippen LogP contribution in [0.25, 0.3) is 0 Å². The van der Waals surface area contributed by atoms with Crippen molar-refractivity contribution in [1.82, 2.24) is 0 Å². The van der Waals surface area contributed by atoms with Crippen LogP contribution < -0.4 is 5.32 Å². The third-order valence-electron chi connectivity index (χ3n) is 2.74. The second-order valence-electron chi connectivity index (χ2n) is 4.25. The molecule has 2 rings (SSSR count). The number of hydrogen-bond acceptors (Lipinski definition) is 2. The first-order valence-electron chi connectivity index (χ1n) is 5.78. The van der Waals surface area contributed by atoms with E-state index in [4.69, 9.17) is 11.6 Å². The topological polar surface area (TPSA) is 35.8 Å². The maximum Gasteiger partial charge on any atom is 0.140 e. The van der Waals surface area contributed by atoms with E-state index < -0.39 is 6.04 Å². The number of nitriles is 1. The zero-order valence-corrected chi connectivity index (χ0v) is 12.7. The predicted molar refractivity (Wildman–Crippen MR) is 82.3 cm³/mol. The molecule has 0 saturated heterocycles. The molecule has 0 fully saturated rings. The van der Waals surface area contributed by atoms with E-state index in [0.717, 1.165) is 21.3 Å². The highest BCUT2D eigenvalue weighted by molar-refractivity contribution is 9.10. The van der Waals surface area contributed by atoms with Gasteiger partial charge >= 0.3 is 0 Å². The molecule has 19 heavy (non-hydrogen) atoms. The lowest BCUT2D eigenvalue weighted by Crippen LogP contribution is -2.08. The van der Waals surface area contributed by atoms with E-state index in [1.807, 2.05) is 43.3 Å². The molecule has 0 heterocycles. The highest BCUT2D eigenvalue weighted by atomic mass is 79.9. The highest BCUT2D eigenvalue weighted by Crippen LogP contribution is 2.27. The number of nitrogens with zero attached hydrogens (tertiary/aromatic N) is 1. The van der Waals surface area contributed by atoms with Crippen molar-refractivity contribution < 1.29 is 0 Å². The molecular weight excluding hydrogens is 324 g/mol. The predicted octanol–water partition coefficient (Wildman–Crippen LogP) is 5.09. The van der Waals surface area contributed by atoms with Gasteiger partial charge in [-0.05, 0) is 58.2 Å². The minimum absolute atomic E-state index is 0.424. The standard InChI is InChI=1S/C15H12BrClN2/c1-10-3-2-4-12(7-10)19-15(9-18)11-5-6-13(16)14(17)8-11/h2-8,15,19H,1H3. The third kappa shape index (κ3) is 3.50. The molecule has 1 N–H and O–H groups in total. The Morgan fingerprint density at radius 2 is 2.05 bits per heavy atom. The van der Waals surface area contributed by atoms with Crippen LogP contribution in [0.2, 0.25) is 5.02 Å². The summed E-state index contributed by atoms with van der Waals surface area (Å²) < 4.78 is 0.824. The highest BCUT2D eigenvalue weighted by Gasteiger charge is 2.11. The summed E-state index contributed by atoms with van der Waals surface area (Å²) in [5, 5.41) is 13.1. The van der Waals surface area contributed by atoms with Crippen LogP contribution in [-0.4, -0.2) is 0 Å². The van der Waals surface area contributed by atoms with Gasteiger partial charge in [-0.25, -0.2) is 0 Å². The molecule has 0 saturated carbocycles. The Labute approximate surface area is 126 Å². The van der Waals surface area contributed by atoms with Gasteiger partial charge in [-0.3, -0.25) is 0 Å². The number of benzene rings is 2. The van der Waals surface area contributed by atoms with E-state index in [1.165, 1.54) is 0 Å². The van der Waals surface area contributed by atoms with E-state index >= 15 is 0 Å². The Kier molecular flexibility index (Phi) is 4.47. The zero-order valence-electron chi connectivity index (χ0n) is 10.3. The lowest BCUT2D eigenvalue weighted by Gasteiger charge is -2.14. The van der Waals surface area contributed by atoms with E-state index in [-0.39, 0.29) is 0 Å². The molecule has 4 heteroatoms. The van der Waals surface area contributed by atoms with Gasteiger partial charge in [-0.2, -0.15) is 5.26 Å². The van der Waals surface area contributed by atoms with Gasteiger partial charge < -0.3 is 5.32 Å². The molecule has 0 aliphatic heterocycles. The summed E-state index contributed by atoms with van der Waals surface area (Å²) in [4.78, 5) is 0. The van der Waals surface area contributed by atoms with E-state index in [9.17, 15) is 5.26 Å². The molecule has 1 atom stereocenters. The Morgan fingerprint density at radius 3 is 2.68 bits per heavy atom. The van der Waals surface area contributed by atoms with Crippen molar-refractivity contribution in [3.63, 3.8) is 0 Å². The summed E-state index contributed by atoms with van der Waals surface area (Å²) in [6.07, 6.45) is 0. The smallest absolute Gasteiger partial charge is 0.140 e. The lowest BCUT2D eigenvalue weighted by molar-refractivity contribution is 0.996. The van der Waals surface area contributed by atoms with Crippen molar-refractivity contribution in [1.29, 1.82) is 5.26 Å². The summed E-state index contributed by atoms with van der Waals surface area (Å²) in [5.74, 6) is 0. The van der Waals surface area contributed by atoms with Crippen molar-refractivity contribution in [3.8, 4) is 6.07 Å². The third-order valence-corrected chi connectivity index (χ3v) is 3.97. The van der Waals surface area contributed by atoms with Gasteiger partial charge in [0.2, 0.25) is 0 Å². The zero-order chi connectivity index (χ0) is 13.8. The summed E-state index contributed by atoms with van der Waals surface area (Å²) in [6.45, 7) is 2.02. The van der Waals surface area contributed by atoms with Crippen LogP contribution in [0, 0.1) is 18.3 Å². The van der Waals surface area contributed by atoms with Crippen LogP contribution in [0.1, 0.15) is 17.2 Å². The molecule has 2 nitrogen and oxygen atoms in total. The molecule has 96 valence electrons. The fourth-order valence-corrected chi connectivity index (χ4v) is 2.22. The van der Waals surface area contributed by atoms with Gasteiger partial charge in [0.15, 0.2) is 0 Å². The first-order valence-corrected chi connectivity index (χ1v) is 6.95. The van der Waals surface area contributed by atoms with Gasteiger partial charge in [0.25, 0.3) is 0 Å². The molecule has 0 bridgehead atoms. The first kappa shape index (κ1) is 13.9. The second kappa shape index (κ2) is 6.10. The van der Waals surface area contributed by atoms with Crippen molar-refractivity contribution >= 4 is 33.2 Å². The van der Waals surface area contributed by atoms with Gasteiger partial charge in [0.05, 0.1) is 11.1 Å². The summed E-state index contributed by atoms with van der Waals surface area (Å²) in [5.41, 5.74) is 2.92. The van der Waals surface area contributed by atoms with Crippen molar-refractivity contribution in [3.05, 3.63) is 63.1 Å². The normalized spacial score (nSPS) is 11.7. The van der Waals surface area contributed by atoms with Crippen LogP contribution in [0.15, 0.2) is 46.9 Å². The molecule has 1 unspecified atom stereocenters. The van der Waals surface area contributed by atoms with E-state index in [1.54, 1.807) is 6.07 Å². The number of halogens is 2. The molecular formula is C15H12BrClN2. The Balaban J connectivity index is 2.25. The molecule has 0 radical (unpaired) electrons. The number of hydrogen-bond donors (Lipinski definition) is 1. The Hall–Kier alpha value is -1.50. The molecule has 0 aliphatic carbocycles. The fourth-order valence-electron chi connectivity index (χ4n) is 1.78. The van der Waals surface area contributed by atoms with Gasteiger partial charge in [0, 0.05) is 10.2 Å². The summed E-state index contributed by atoms with van der Waals surface area (Å²) in [7, 11) is 0. The van der Waals surface area contributed by atoms with Crippen molar-refractivity contribution in [2.24, 2.45) is 0 Å². The van der Waals surface area contributed by atoms with Gasteiger partial charge in [0.1, 0.15) is 6.04 Å². The molecule has 0 aliphatic rings. The Morgan fingerprint density at radius 1 is 1.26 bits per heavy atom. The van der Waals surface area contributed by atoms with Crippen LogP contribution in [0.5, 0.6) is 0 Å². The SMILES string of the molecule is Cc1cccc(NC(C#N)c2ccc(Br)c(Cl)c2)c1. The molecule has 0 amide bonds. The molecule has 0 aromatic heterocycles. The number of aryl methyl sites for hydroxylation is 1. The number of nitrogens with one attached hydrogen (secondary N) is 1. The molecule has 2 aromatic rings. The monoisotopic (exact) mass is 334 g/mol. The minimum atomic E-state index is -0.424. The quantitative estimate of drug-likeness (QED) is 0.848. The average molecular weight is 336 g/mol. The largest absolute Gasteiger partial charge is 0.366 e.